The number of thiazole rings is 1. The summed E-state index contributed by atoms with van der Waals surface area (Å²) < 4.78 is 5.10. The Labute approximate surface area is 129 Å². The Balaban J connectivity index is 1.97. The summed E-state index contributed by atoms with van der Waals surface area (Å²) in [7, 11) is 0. The lowest BCUT2D eigenvalue weighted by atomic mass is 10.2. The van der Waals surface area contributed by atoms with Crippen LogP contribution < -0.4 is 5.32 Å². The number of hydrogen-bond donors (Lipinski definition) is 1. The van der Waals surface area contributed by atoms with Crippen LogP contribution in [0.4, 0.5) is 5.69 Å². The number of nitrogens with zero attached hydrogens (tertiary/aromatic N) is 1. The molecule has 1 aromatic heterocycles. The molecule has 0 bridgehead atoms. The Morgan fingerprint density at radius 2 is 2.10 bits per heavy atom. The second-order valence-electron chi connectivity index (χ2n) is 4.87. The van der Waals surface area contributed by atoms with Gasteiger partial charge in [-0.3, -0.25) is 0 Å². The Hall–Kier alpha value is -1.88. The number of nitrogens with one attached hydrogen (secondary N) is 1. The first-order valence-corrected chi connectivity index (χ1v) is 7.94. The molecule has 1 unspecified atom stereocenters. The lowest BCUT2D eigenvalue weighted by molar-refractivity contribution is 0.0505. The summed E-state index contributed by atoms with van der Waals surface area (Å²) in [5, 5.41) is 6.49. The van der Waals surface area contributed by atoms with E-state index in [9.17, 15) is 4.79 Å². The highest BCUT2D eigenvalue weighted by molar-refractivity contribution is 7.09. The second-order valence-corrected chi connectivity index (χ2v) is 5.93. The highest BCUT2D eigenvalue weighted by Gasteiger charge is 2.10. The van der Waals surface area contributed by atoms with Crippen molar-refractivity contribution in [2.45, 2.75) is 33.2 Å². The molecule has 0 aliphatic rings. The van der Waals surface area contributed by atoms with Crippen molar-refractivity contribution in [1.29, 1.82) is 0 Å². The van der Waals surface area contributed by atoms with Crippen LogP contribution >= 0.6 is 11.3 Å². The standard InChI is InChI=1S/C16H20N2O2S/c1-4-9-20-16(19)13-5-7-14(8-6-13)17-11(2)15-10-21-12(3)18-15/h5-8,10-11,17H,4,9H2,1-3H3. The van der Waals surface area contributed by atoms with Crippen molar-refractivity contribution in [2.75, 3.05) is 11.9 Å². The lowest BCUT2D eigenvalue weighted by Gasteiger charge is -2.13. The van der Waals surface area contributed by atoms with Crippen molar-refractivity contribution in [3.8, 4) is 0 Å². The fourth-order valence-electron chi connectivity index (χ4n) is 1.88. The minimum absolute atomic E-state index is 0.132. The summed E-state index contributed by atoms with van der Waals surface area (Å²) in [6.07, 6.45) is 0.829. The van der Waals surface area contributed by atoms with Gasteiger partial charge in [0.05, 0.1) is 28.9 Å². The number of carbonyl (C=O) groups is 1. The Morgan fingerprint density at radius 3 is 2.67 bits per heavy atom. The quantitative estimate of drug-likeness (QED) is 0.813. The average molecular weight is 304 g/mol. The van der Waals surface area contributed by atoms with Crippen LogP contribution in [-0.4, -0.2) is 17.6 Å². The largest absolute Gasteiger partial charge is 0.462 e. The topological polar surface area (TPSA) is 51.2 Å². The van der Waals surface area contributed by atoms with Gasteiger partial charge in [-0.2, -0.15) is 0 Å². The molecule has 0 aliphatic carbocycles. The zero-order valence-corrected chi connectivity index (χ0v) is 13.4. The Kier molecular flexibility index (Phi) is 5.33. The molecule has 0 radical (unpaired) electrons. The van der Waals surface area contributed by atoms with Gasteiger partial charge < -0.3 is 10.1 Å². The normalized spacial score (nSPS) is 12.0. The average Bonchev–Trinajstić information content (AvgIpc) is 2.92. The number of carbonyl (C=O) groups excluding carboxylic acids is 1. The Morgan fingerprint density at radius 1 is 1.38 bits per heavy atom. The monoisotopic (exact) mass is 304 g/mol. The number of ether oxygens (including phenoxy) is 1. The first-order valence-electron chi connectivity index (χ1n) is 7.06. The molecule has 1 heterocycles. The summed E-state index contributed by atoms with van der Waals surface area (Å²) in [4.78, 5) is 16.2. The molecule has 0 fully saturated rings. The minimum Gasteiger partial charge on any atom is -0.462 e. The van der Waals surface area contributed by atoms with Crippen LogP contribution in [0, 0.1) is 6.92 Å². The lowest BCUT2D eigenvalue weighted by Crippen LogP contribution is -2.08. The van der Waals surface area contributed by atoms with Gasteiger partial charge in [-0.05, 0) is 44.5 Å². The van der Waals surface area contributed by atoms with E-state index in [2.05, 4.69) is 22.6 Å². The minimum atomic E-state index is -0.272. The van der Waals surface area contributed by atoms with Crippen LogP contribution in [0.5, 0.6) is 0 Å². The van der Waals surface area contributed by atoms with E-state index >= 15 is 0 Å². The van der Waals surface area contributed by atoms with Crippen LogP contribution in [0.2, 0.25) is 0 Å². The molecule has 5 heteroatoms. The van der Waals surface area contributed by atoms with Crippen LogP contribution in [0.15, 0.2) is 29.6 Å². The highest BCUT2D eigenvalue weighted by atomic mass is 32.1. The van der Waals surface area contributed by atoms with Gasteiger partial charge in [-0.1, -0.05) is 6.92 Å². The molecule has 1 aromatic carbocycles. The van der Waals surface area contributed by atoms with Gasteiger partial charge in [-0.25, -0.2) is 9.78 Å². The molecule has 1 atom stereocenters. The second kappa shape index (κ2) is 7.22. The SMILES string of the molecule is CCCOC(=O)c1ccc(NC(C)c2csc(C)n2)cc1. The summed E-state index contributed by atoms with van der Waals surface area (Å²) >= 11 is 1.64. The molecule has 21 heavy (non-hydrogen) atoms. The first kappa shape index (κ1) is 15.5. The zero-order valence-electron chi connectivity index (χ0n) is 12.6. The molecular formula is C16H20N2O2S. The van der Waals surface area contributed by atoms with Crippen LogP contribution in [-0.2, 0) is 4.74 Å². The molecule has 0 amide bonds. The number of benzene rings is 1. The van der Waals surface area contributed by atoms with E-state index in [0.29, 0.717) is 12.2 Å². The van der Waals surface area contributed by atoms with Gasteiger partial charge >= 0.3 is 5.97 Å². The third-order valence-corrected chi connectivity index (χ3v) is 3.81. The van der Waals surface area contributed by atoms with Crippen molar-refractivity contribution < 1.29 is 9.53 Å². The first-order chi connectivity index (χ1) is 10.1. The van der Waals surface area contributed by atoms with Gasteiger partial charge in [-0.15, -0.1) is 11.3 Å². The molecule has 0 spiro atoms. The van der Waals surface area contributed by atoms with Crippen LogP contribution in [0.25, 0.3) is 0 Å². The van der Waals surface area contributed by atoms with Gasteiger partial charge in [0.1, 0.15) is 0 Å². The molecule has 2 aromatic rings. The van der Waals surface area contributed by atoms with Crippen LogP contribution in [0.3, 0.4) is 0 Å². The third kappa shape index (κ3) is 4.29. The summed E-state index contributed by atoms with van der Waals surface area (Å²) in [5.41, 5.74) is 2.57. The summed E-state index contributed by atoms with van der Waals surface area (Å²) in [6, 6.07) is 7.46. The smallest absolute Gasteiger partial charge is 0.338 e. The van der Waals surface area contributed by atoms with E-state index in [1.807, 2.05) is 26.0 Å². The van der Waals surface area contributed by atoms with Crippen molar-refractivity contribution in [1.82, 2.24) is 4.98 Å². The zero-order chi connectivity index (χ0) is 15.2. The molecule has 112 valence electrons. The predicted molar refractivity (Wildman–Crippen MR) is 85.9 cm³/mol. The van der Waals surface area contributed by atoms with Gasteiger partial charge in [0, 0.05) is 11.1 Å². The molecule has 0 aliphatic heterocycles. The van der Waals surface area contributed by atoms with Crippen molar-refractivity contribution >= 4 is 23.0 Å². The highest BCUT2D eigenvalue weighted by Crippen LogP contribution is 2.21. The number of hydrogen-bond acceptors (Lipinski definition) is 5. The van der Waals surface area contributed by atoms with E-state index in [1.54, 1.807) is 23.5 Å². The summed E-state index contributed by atoms with van der Waals surface area (Å²) in [6.45, 7) is 6.50. The van der Waals surface area contributed by atoms with Gasteiger partial charge in [0.15, 0.2) is 0 Å². The number of aryl methyl sites for hydroxylation is 1. The maximum Gasteiger partial charge on any atom is 0.338 e. The molecule has 1 N–H and O–H groups in total. The molecular weight excluding hydrogens is 284 g/mol. The molecule has 2 rings (SSSR count). The maximum absolute atomic E-state index is 11.7. The van der Waals surface area contributed by atoms with E-state index in [0.717, 1.165) is 22.8 Å². The van der Waals surface area contributed by atoms with Crippen molar-refractivity contribution in [3.63, 3.8) is 0 Å². The van der Waals surface area contributed by atoms with E-state index in [4.69, 9.17) is 4.74 Å². The fourth-order valence-corrected chi connectivity index (χ4v) is 2.59. The van der Waals surface area contributed by atoms with Crippen LogP contribution in [0.1, 0.15) is 47.4 Å². The van der Waals surface area contributed by atoms with E-state index in [1.165, 1.54) is 0 Å². The van der Waals surface area contributed by atoms with Crippen molar-refractivity contribution in [3.05, 3.63) is 45.9 Å². The number of aromatic nitrogens is 1. The predicted octanol–water partition coefficient (Wildman–Crippen LogP) is 4.19. The van der Waals surface area contributed by atoms with E-state index < -0.39 is 0 Å². The van der Waals surface area contributed by atoms with Gasteiger partial charge in [0.25, 0.3) is 0 Å². The maximum atomic E-state index is 11.7. The molecule has 0 saturated heterocycles. The molecule has 4 nitrogen and oxygen atoms in total. The van der Waals surface area contributed by atoms with Crippen molar-refractivity contribution in [2.24, 2.45) is 0 Å². The number of anilines is 1. The molecule has 0 saturated carbocycles. The number of rotatable bonds is 6. The summed E-state index contributed by atoms with van der Waals surface area (Å²) in [5.74, 6) is -0.272. The van der Waals surface area contributed by atoms with Gasteiger partial charge in [0.2, 0.25) is 0 Å². The fraction of sp³-hybridized carbons (Fsp3) is 0.375. The number of esters is 1. The Bertz CT molecular complexity index is 593. The van der Waals surface area contributed by atoms with E-state index in [-0.39, 0.29) is 12.0 Å². The third-order valence-electron chi connectivity index (χ3n) is 3.02.